The van der Waals surface area contributed by atoms with E-state index >= 15 is 0 Å². The monoisotopic (exact) mass is 298 g/mol. The number of nitrogens with one attached hydrogen (secondary N) is 1. The lowest BCUT2D eigenvalue weighted by Gasteiger charge is -2.25. The second-order valence-electron chi connectivity index (χ2n) is 7.80. The molecular weight excluding hydrogens is 264 g/mol. The highest BCUT2D eigenvalue weighted by Crippen LogP contribution is 2.16. The number of rotatable bonds is 6. The first kappa shape index (κ1) is 18.3. The second-order valence-corrected chi connectivity index (χ2v) is 7.80. The topological polar surface area (TPSA) is 41.6 Å². The van der Waals surface area contributed by atoms with E-state index in [1.54, 1.807) is 0 Å². The first-order valence-electron chi connectivity index (χ1n) is 8.41. The molecule has 0 aliphatic carbocycles. The third kappa shape index (κ3) is 7.70. The molecule has 21 heavy (non-hydrogen) atoms. The van der Waals surface area contributed by atoms with Crippen molar-refractivity contribution in [3.05, 3.63) is 0 Å². The molecule has 1 N–H and O–H groups in total. The summed E-state index contributed by atoms with van der Waals surface area (Å²) in [6.45, 7) is 14.1. The summed E-state index contributed by atoms with van der Waals surface area (Å²) in [7, 11) is 0. The Bertz CT molecular complexity index is 323. The van der Waals surface area contributed by atoms with Crippen LogP contribution in [0.2, 0.25) is 0 Å². The smallest absolute Gasteiger partial charge is 0.410 e. The van der Waals surface area contributed by atoms with Gasteiger partial charge in [0.1, 0.15) is 5.60 Å². The van der Waals surface area contributed by atoms with E-state index in [2.05, 4.69) is 26.1 Å². The summed E-state index contributed by atoms with van der Waals surface area (Å²) in [5.41, 5.74) is -0.410. The summed E-state index contributed by atoms with van der Waals surface area (Å²) < 4.78 is 5.43. The third-order valence-corrected chi connectivity index (χ3v) is 3.78. The Labute approximate surface area is 130 Å². The molecule has 1 heterocycles. The Kier molecular flexibility index (Phi) is 6.98. The minimum absolute atomic E-state index is 0.181. The van der Waals surface area contributed by atoms with Gasteiger partial charge in [0.05, 0.1) is 0 Å². The maximum atomic E-state index is 12.0. The molecule has 1 aliphatic heterocycles. The van der Waals surface area contributed by atoms with Gasteiger partial charge in [-0.15, -0.1) is 0 Å². The molecule has 0 aromatic rings. The average Bonchev–Trinajstić information content (AvgIpc) is 2.74. The van der Waals surface area contributed by atoms with E-state index in [4.69, 9.17) is 4.74 Å². The van der Waals surface area contributed by atoms with Crippen molar-refractivity contribution < 1.29 is 9.53 Å². The van der Waals surface area contributed by atoms with Gasteiger partial charge in [-0.2, -0.15) is 0 Å². The Morgan fingerprint density at radius 1 is 1.29 bits per heavy atom. The molecule has 0 aromatic heterocycles. The third-order valence-electron chi connectivity index (χ3n) is 3.78. The van der Waals surface area contributed by atoms with Crippen molar-refractivity contribution in [3.63, 3.8) is 0 Å². The van der Waals surface area contributed by atoms with E-state index in [1.807, 2.05) is 25.7 Å². The number of amides is 1. The quantitative estimate of drug-likeness (QED) is 0.811. The molecule has 2 atom stereocenters. The molecule has 1 fully saturated rings. The van der Waals surface area contributed by atoms with Gasteiger partial charge >= 0.3 is 6.09 Å². The second kappa shape index (κ2) is 8.02. The van der Waals surface area contributed by atoms with Crippen molar-refractivity contribution in [1.29, 1.82) is 0 Å². The van der Waals surface area contributed by atoms with Crippen molar-refractivity contribution in [2.45, 2.75) is 84.9 Å². The summed E-state index contributed by atoms with van der Waals surface area (Å²) >= 11 is 0. The minimum Gasteiger partial charge on any atom is -0.444 e. The summed E-state index contributed by atoms with van der Waals surface area (Å²) in [6.07, 6.45) is 4.61. The zero-order chi connectivity index (χ0) is 16.0. The highest BCUT2D eigenvalue weighted by atomic mass is 16.6. The molecule has 0 aromatic carbocycles. The minimum atomic E-state index is -0.410. The molecule has 0 radical (unpaired) electrons. The van der Waals surface area contributed by atoms with E-state index in [0.29, 0.717) is 12.1 Å². The SMILES string of the molecule is CC(C)CCCC(C)NC1CCN(C(=O)OC(C)(C)C)C1. The number of likely N-dealkylation sites (tertiary alicyclic amines) is 1. The first-order valence-corrected chi connectivity index (χ1v) is 8.41. The van der Waals surface area contributed by atoms with Crippen LogP contribution in [0.15, 0.2) is 0 Å². The summed E-state index contributed by atoms with van der Waals surface area (Å²) in [6, 6.07) is 0.930. The number of hydrogen-bond acceptors (Lipinski definition) is 3. The fourth-order valence-electron chi connectivity index (χ4n) is 2.71. The molecule has 1 saturated heterocycles. The van der Waals surface area contributed by atoms with E-state index < -0.39 is 5.60 Å². The molecule has 1 aliphatic rings. The molecule has 1 amide bonds. The van der Waals surface area contributed by atoms with Crippen LogP contribution in [-0.2, 0) is 4.74 Å². The van der Waals surface area contributed by atoms with Crippen molar-refractivity contribution >= 4 is 6.09 Å². The van der Waals surface area contributed by atoms with Crippen LogP contribution in [0.5, 0.6) is 0 Å². The molecule has 0 saturated carbocycles. The van der Waals surface area contributed by atoms with Gasteiger partial charge in [0, 0.05) is 25.2 Å². The van der Waals surface area contributed by atoms with Crippen LogP contribution >= 0.6 is 0 Å². The Balaban J connectivity index is 2.26. The molecule has 2 unspecified atom stereocenters. The van der Waals surface area contributed by atoms with Crippen molar-refractivity contribution in [1.82, 2.24) is 10.2 Å². The Morgan fingerprint density at radius 2 is 1.95 bits per heavy atom. The molecule has 0 bridgehead atoms. The number of carbonyl (C=O) groups excluding carboxylic acids is 1. The standard InChI is InChI=1S/C17H34N2O2/c1-13(2)8-7-9-14(3)18-15-10-11-19(12-15)16(20)21-17(4,5)6/h13-15,18H,7-12H2,1-6H3. The van der Waals surface area contributed by atoms with E-state index in [-0.39, 0.29) is 6.09 Å². The molecule has 4 heteroatoms. The number of carbonyl (C=O) groups is 1. The van der Waals surface area contributed by atoms with Gasteiger partial charge in [-0.05, 0) is 46.5 Å². The van der Waals surface area contributed by atoms with Crippen LogP contribution < -0.4 is 5.32 Å². The number of ether oxygens (including phenoxy) is 1. The summed E-state index contributed by atoms with van der Waals surface area (Å²) in [4.78, 5) is 13.8. The largest absolute Gasteiger partial charge is 0.444 e. The van der Waals surface area contributed by atoms with Gasteiger partial charge in [-0.1, -0.05) is 26.7 Å². The molecule has 124 valence electrons. The maximum absolute atomic E-state index is 12.0. The van der Waals surface area contributed by atoms with Gasteiger partial charge in [-0.3, -0.25) is 0 Å². The van der Waals surface area contributed by atoms with Crippen LogP contribution in [0.3, 0.4) is 0 Å². The molecule has 4 nitrogen and oxygen atoms in total. The van der Waals surface area contributed by atoms with Gasteiger partial charge < -0.3 is 15.0 Å². The fraction of sp³-hybridized carbons (Fsp3) is 0.941. The summed E-state index contributed by atoms with van der Waals surface area (Å²) in [5.74, 6) is 0.784. The predicted octanol–water partition coefficient (Wildman–Crippen LogP) is 3.80. The van der Waals surface area contributed by atoms with Crippen molar-refractivity contribution in [3.8, 4) is 0 Å². The van der Waals surface area contributed by atoms with Crippen LogP contribution in [0, 0.1) is 5.92 Å². The van der Waals surface area contributed by atoms with Gasteiger partial charge in [0.25, 0.3) is 0 Å². The zero-order valence-electron chi connectivity index (χ0n) is 14.7. The highest BCUT2D eigenvalue weighted by Gasteiger charge is 2.30. The van der Waals surface area contributed by atoms with Crippen LogP contribution in [0.4, 0.5) is 4.79 Å². The lowest BCUT2D eigenvalue weighted by molar-refractivity contribution is 0.0290. The average molecular weight is 298 g/mol. The first-order chi connectivity index (χ1) is 9.67. The molecule has 0 spiro atoms. The summed E-state index contributed by atoms with van der Waals surface area (Å²) in [5, 5.41) is 3.65. The van der Waals surface area contributed by atoms with Crippen LogP contribution in [-0.4, -0.2) is 41.8 Å². The lowest BCUT2D eigenvalue weighted by Crippen LogP contribution is -2.41. The van der Waals surface area contributed by atoms with E-state index in [9.17, 15) is 4.79 Å². The van der Waals surface area contributed by atoms with Crippen molar-refractivity contribution in [2.75, 3.05) is 13.1 Å². The van der Waals surface area contributed by atoms with Gasteiger partial charge in [0.15, 0.2) is 0 Å². The van der Waals surface area contributed by atoms with E-state index in [1.165, 1.54) is 19.3 Å². The molecular formula is C17H34N2O2. The molecule has 1 rings (SSSR count). The number of hydrogen-bond donors (Lipinski definition) is 1. The van der Waals surface area contributed by atoms with Crippen molar-refractivity contribution in [2.24, 2.45) is 5.92 Å². The van der Waals surface area contributed by atoms with Crippen LogP contribution in [0.1, 0.15) is 67.2 Å². The highest BCUT2D eigenvalue weighted by molar-refractivity contribution is 5.68. The van der Waals surface area contributed by atoms with Gasteiger partial charge in [0.2, 0.25) is 0 Å². The Morgan fingerprint density at radius 3 is 2.52 bits per heavy atom. The lowest BCUT2D eigenvalue weighted by atomic mass is 10.0. The fourth-order valence-corrected chi connectivity index (χ4v) is 2.71. The predicted molar refractivity (Wildman–Crippen MR) is 87.5 cm³/mol. The maximum Gasteiger partial charge on any atom is 0.410 e. The van der Waals surface area contributed by atoms with Gasteiger partial charge in [-0.25, -0.2) is 4.79 Å². The number of nitrogens with zero attached hydrogens (tertiary/aromatic N) is 1. The normalized spacial score (nSPS) is 20.9. The van der Waals surface area contributed by atoms with E-state index in [0.717, 1.165) is 25.4 Å². The van der Waals surface area contributed by atoms with Crippen LogP contribution in [0.25, 0.3) is 0 Å². The Hall–Kier alpha value is -0.770. The zero-order valence-corrected chi connectivity index (χ0v) is 14.7.